The zero-order valence-electron chi connectivity index (χ0n) is 19.6. The highest BCUT2D eigenvalue weighted by molar-refractivity contribution is 7.93. The number of nitrogens with zero attached hydrogens (tertiary/aromatic N) is 4. The van der Waals surface area contributed by atoms with Crippen LogP contribution < -0.4 is 19.3 Å². The number of hydrogen-bond donors (Lipinski definition) is 1. The van der Waals surface area contributed by atoms with Crippen LogP contribution in [0.25, 0.3) is 17.3 Å². The number of furan rings is 1. The number of piperidine rings is 1. The Morgan fingerprint density at radius 1 is 1.16 bits per heavy atom. The lowest BCUT2D eigenvalue weighted by atomic mass is 10.2. The molecule has 0 spiro atoms. The molecule has 0 saturated carbocycles. The molecule has 16 heteroatoms. The summed E-state index contributed by atoms with van der Waals surface area (Å²) in [5.74, 6) is -3.37. The number of anilines is 1. The van der Waals surface area contributed by atoms with Crippen molar-refractivity contribution in [3.8, 4) is 28.8 Å². The zero-order chi connectivity index (χ0) is 26.8. The summed E-state index contributed by atoms with van der Waals surface area (Å²) in [5, 5.41) is 9.42. The smallest absolute Gasteiger partial charge is 0.493 e. The number of ether oxygens (including phenoxy) is 2. The first-order valence-electron chi connectivity index (χ1n) is 10.8. The number of alkyl halides is 3. The molecule has 0 radical (unpaired) electrons. The maximum absolute atomic E-state index is 13.6. The molecule has 1 aliphatic rings. The van der Waals surface area contributed by atoms with Crippen LogP contribution in [0, 0.1) is 0 Å². The van der Waals surface area contributed by atoms with Crippen LogP contribution in [0.4, 0.5) is 19.1 Å². The summed E-state index contributed by atoms with van der Waals surface area (Å²) in [7, 11) is -2.13. The Bertz CT molecular complexity index is 1330. The van der Waals surface area contributed by atoms with Gasteiger partial charge >= 0.3 is 12.1 Å². The van der Waals surface area contributed by atoms with Crippen molar-refractivity contribution in [2.24, 2.45) is 0 Å². The van der Waals surface area contributed by atoms with Gasteiger partial charge in [0.05, 0.1) is 25.7 Å². The fraction of sp³-hybridized carbons (Fsp3) is 0.381. The van der Waals surface area contributed by atoms with E-state index in [2.05, 4.69) is 20.4 Å². The molecule has 1 aromatic carbocycles. The molecule has 12 nitrogen and oxygen atoms in total. The topological polar surface area (TPSA) is 138 Å². The highest BCUT2D eigenvalue weighted by Crippen LogP contribution is 2.39. The van der Waals surface area contributed by atoms with Crippen LogP contribution in [0.1, 0.15) is 12.8 Å². The van der Waals surface area contributed by atoms with Gasteiger partial charge in [0.25, 0.3) is 16.0 Å². The second-order valence-electron chi connectivity index (χ2n) is 7.76. The number of benzene rings is 1. The molecule has 1 saturated heterocycles. The van der Waals surface area contributed by atoms with Gasteiger partial charge in [0, 0.05) is 6.54 Å². The Labute approximate surface area is 208 Å². The second-order valence-corrected chi connectivity index (χ2v) is 9.79. The number of rotatable bonds is 8. The van der Waals surface area contributed by atoms with Crippen LogP contribution >= 0.6 is 0 Å². The lowest BCUT2D eigenvalue weighted by molar-refractivity contribution is -0.199. The molecule has 0 aliphatic carbocycles. The summed E-state index contributed by atoms with van der Waals surface area (Å²) in [6.45, 7) is 0.436. The molecule has 4 rings (SSSR count). The van der Waals surface area contributed by atoms with Gasteiger partial charge < -0.3 is 24.0 Å². The number of hydrogen-bond acceptors (Lipinski definition) is 10. The van der Waals surface area contributed by atoms with Gasteiger partial charge in [-0.15, -0.1) is 10.2 Å². The first kappa shape index (κ1) is 26.3. The van der Waals surface area contributed by atoms with Gasteiger partial charge in [0.2, 0.25) is 5.82 Å². The third kappa shape index (κ3) is 5.06. The van der Waals surface area contributed by atoms with Crippen molar-refractivity contribution < 1.29 is 45.1 Å². The van der Waals surface area contributed by atoms with E-state index in [9.17, 15) is 26.4 Å². The molecule has 3 heterocycles. The first-order chi connectivity index (χ1) is 17.6. The first-order valence-corrected chi connectivity index (χ1v) is 12.3. The highest BCUT2D eigenvalue weighted by atomic mass is 32.2. The van der Waals surface area contributed by atoms with E-state index in [1.54, 1.807) is 6.07 Å². The fourth-order valence-corrected chi connectivity index (χ4v) is 5.34. The van der Waals surface area contributed by atoms with Crippen molar-refractivity contribution in [2.45, 2.75) is 24.3 Å². The normalized spacial score (nSPS) is 16.3. The van der Waals surface area contributed by atoms with Crippen LogP contribution in [0.15, 0.2) is 41.0 Å². The third-order valence-electron chi connectivity index (χ3n) is 5.48. The number of nitrogens with one attached hydrogen (secondary N) is 1. The van der Waals surface area contributed by atoms with Gasteiger partial charge in [0.1, 0.15) is 17.2 Å². The molecule has 0 bridgehead atoms. The van der Waals surface area contributed by atoms with E-state index in [0.29, 0.717) is 13.0 Å². The Hall–Kier alpha value is -3.79. The number of methoxy groups -OCH3 is 2. The Kier molecular flexibility index (Phi) is 7.31. The molecular weight excluding hydrogens is 523 g/mol. The van der Waals surface area contributed by atoms with Crippen LogP contribution in [0.5, 0.6) is 11.5 Å². The maximum Gasteiger partial charge on any atom is 0.493 e. The number of carbonyl (C=O) groups is 1. The predicted octanol–water partition coefficient (Wildman–Crippen LogP) is 2.45. The maximum atomic E-state index is 13.6. The summed E-state index contributed by atoms with van der Waals surface area (Å²) in [5.41, 5.74) is 0.0175. The van der Waals surface area contributed by atoms with Crippen molar-refractivity contribution in [3.05, 3.63) is 36.6 Å². The minimum absolute atomic E-state index is 0.0175. The number of halogens is 3. The van der Waals surface area contributed by atoms with E-state index in [4.69, 9.17) is 13.9 Å². The average molecular weight is 545 g/mol. The summed E-state index contributed by atoms with van der Waals surface area (Å²) < 4.78 is 84.0. The van der Waals surface area contributed by atoms with Gasteiger partial charge in [-0.2, -0.15) is 13.2 Å². The molecule has 2 aromatic heterocycles. The van der Waals surface area contributed by atoms with Gasteiger partial charge in [-0.05, 0) is 43.7 Å². The Morgan fingerprint density at radius 2 is 1.86 bits per heavy atom. The van der Waals surface area contributed by atoms with Crippen LogP contribution in [0.2, 0.25) is 0 Å². The van der Waals surface area contributed by atoms with E-state index in [-0.39, 0.29) is 46.2 Å². The largest absolute Gasteiger partial charge is 0.494 e. The molecule has 37 heavy (non-hydrogen) atoms. The Morgan fingerprint density at radius 3 is 2.41 bits per heavy atom. The van der Waals surface area contributed by atoms with Crippen molar-refractivity contribution in [1.29, 1.82) is 0 Å². The fourth-order valence-electron chi connectivity index (χ4n) is 3.76. The molecule has 0 unspecified atom stereocenters. The van der Waals surface area contributed by atoms with Gasteiger partial charge in [-0.3, -0.25) is 0 Å². The Balaban J connectivity index is 2.00. The summed E-state index contributed by atoms with van der Waals surface area (Å²) >= 11 is 0. The number of para-hydroxylation sites is 1. The van der Waals surface area contributed by atoms with Crippen molar-refractivity contribution in [2.75, 3.05) is 31.8 Å². The van der Waals surface area contributed by atoms with E-state index >= 15 is 0 Å². The molecule has 200 valence electrons. The molecule has 3 aromatic rings. The minimum atomic E-state index is -5.50. The molecule has 1 fully saturated rings. The highest BCUT2D eigenvalue weighted by Gasteiger charge is 2.48. The summed E-state index contributed by atoms with van der Waals surface area (Å²) in [6.07, 6.45) is -3.67. The third-order valence-corrected chi connectivity index (χ3v) is 7.42. The number of aromatic nitrogens is 3. The van der Waals surface area contributed by atoms with Gasteiger partial charge in [-0.1, -0.05) is 10.5 Å². The van der Waals surface area contributed by atoms with Crippen LogP contribution in [-0.2, 0) is 19.7 Å². The van der Waals surface area contributed by atoms with Gasteiger partial charge in [-0.25, -0.2) is 17.8 Å². The average Bonchev–Trinajstić information content (AvgIpc) is 3.56. The predicted molar refractivity (Wildman–Crippen MR) is 122 cm³/mol. The summed E-state index contributed by atoms with van der Waals surface area (Å²) in [4.78, 5) is 16.4. The van der Waals surface area contributed by atoms with E-state index in [0.717, 1.165) is 4.57 Å². The lowest BCUT2D eigenvalue weighted by Crippen LogP contribution is -2.49. The number of sulfonamides is 1. The standard InChI is InChI=1S/C21H22F3N5O7S/c1-33-14-7-3-8-15(34-2)17(14)28-18(16-9-5-11-35-16)26-27-20(28)29(36-19(30)21(22,23)24)37(31,32)13-6-4-10-25-12-13/h3,5,7-9,11,13,25H,4,6,10,12H2,1-2H3/t13-/m0/s1. The molecule has 1 aliphatic heterocycles. The van der Waals surface area contributed by atoms with E-state index in [1.165, 1.54) is 44.7 Å². The lowest BCUT2D eigenvalue weighted by Gasteiger charge is -2.29. The second kappa shape index (κ2) is 10.3. The van der Waals surface area contributed by atoms with Crippen LogP contribution in [0.3, 0.4) is 0 Å². The molecular formula is C21H22F3N5O7S. The van der Waals surface area contributed by atoms with Crippen molar-refractivity contribution >= 4 is 21.9 Å². The quantitative estimate of drug-likeness (QED) is 0.420. The van der Waals surface area contributed by atoms with E-state index in [1.807, 2.05) is 0 Å². The van der Waals surface area contributed by atoms with Crippen molar-refractivity contribution in [3.63, 3.8) is 0 Å². The SMILES string of the molecule is COc1cccc(OC)c1-n1c(-c2ccco2)nnc1N(OC(=O)C(F)(F)F)S(=O)(=O)[C@H]1CCCNC1. The van der Waals surface area contributed by atoms with Crippen LogP contribution in [-0.4, -0.2) is 67.9 Å². The van der Waals surface area contributed by atoms with E-state index < -0.39 is 33.4 Å². The monoisotopic (exact) mass is 545 g/mol. The number of carbonyl (C=O) groups excluding carboxylic acids is 1. The molecule has 1 N–H and O–H groups in total. The zero-order valence-corrected chi connectivity index (χ0v) is 20.4. The van der Waals surface area contributed by atoms with Gasteiger partial charge in [0.15, 0.2) is 5.76 Å². The summed E-state index contributed by atoms with van der Waals surface area (Å²) in [6, 6.07) is 7.55. The minimum Gasteiger partial charge on any atom is -0.494 e. The van der Waals surface area contributed by atoms with Crippen molar-refractivity contribution in [1.82, 2.24) is 20.1 Å². The molecule has 1 atom stereocenters. The molecule has 0 amide bonds.